The fraction of sp³-hybridized carbons (Fsp3) is 0.286. The Morgan fingerprint density at radius 2 is 1.80 bits per heavy atom. The molecule has 0 atom stereocenters. The lowest BCUT2D eigenvalue weighted by Gasteiger charge is -2.36. The Balaban J connectivity index is 1.65. The number of nitriles is 1. The molecule has 1 aromatic carbocycles. The molecule has 1 aliphatic heterocycles. The van der Waals surface area contributed by atoms with Crippen LogP contribution in [0.15, 0.2) is 35.1 Å². The molecule has 0 N–H and O–H groups in total. The van der Waals surface area contributed by atoms with Crippen molar-refractivity contribution in [2.24, 2.45) is 7.05 Å². The molecule has 9 heteroatoms. The lowest BCUT2D eigenvalue weighted by molar-refractivity contribution is 0.243. The molecule has 6 nitrogen and oxygen atoms in total. The SMILES string of the molecule is Cn1c(=O)c(C#N)c(N2CCN(Cc3c(F)cccc3F)CC2)c2nc(Cl)ccc21. The minimum atomic E-state index is -0.569. The molecular formula is C21H18ClF2N5O. The van der Waals surface area contributed by atoms with E-state index in [0.29, 0.717) is 42.9 Å². The van der Waals surface area contributed by atoms with Crippen LogP contribution in [0, 0.1) is 23.0 Å². The summed E-state index contributed by atoms with van der Waals surface area (Å²) < 4.78 is 29.3. The largest absolute Gasteiger partial charge is 0.366 e. The van der Waals surface area contributed by atoms with Crippen LogP contribution in [-0.2, 0) is 13.6 Å². The van der Waals surface area contributed by atoms with Gasteiger partial charge in [-0.25, -0.2) is 13.8 Å². The number of piperazine rings is 1. The molecule has 0 aliphatic carbocycles. The van der Waals surface area contributed by atoms with Crippen LogP contribution in [0.1, 0.15) is 11.1 Å². The van der Waals surface area contributed by atoms with Crippen molar-refractivity contribution < 1.29 is 8.78 Å². The van der Waals surface area contributed by atoms with E-state index >= 15 is 0 Å². The van der Waals surface area contributed by atoms with Gasteiger partial charge in [-0.2, -0.15) is 5.26 Å². The number of rotatable bonds is 3. The van der Waals surface area contributed by atoms with E-state index in [1.807, 2.05) is 15.9 Å². The standard InChI is InChI=1S/C21H18ClF2N5O/c1-27-17-5-6-18(22)26-19(17)20(13(11-25)21(27)30)29-9-7-28(8-10-29)12-14-15(23)3-2-4-16(14)24/h2-6H,7-10,12H2,1H3. The Morgan fingerprint density at radius 1 is 1.13 bits per heavy atom. The van der Waals surface area contributed by atoms with Gasteiger partial charge in [-0.1, -0.05) is 17.7 Å². The van der Waals surface area contributed by atoms with Crippen molar-refractivity contribution in [3.63, 3.8) is 0 Å². The van der Waals surface area contributed by atoms with Crippen LogP contribution in [0.4, 0.5) is 14.5 Å². The van der Waals surface area contributed by atoms with Gasteiger partial charge >= 0.3 is 0 Å². The number of pyridine rings is 2. The lowest BCUT2D eigenvalue weighted by Crippen LogP contribution is -2.47. The third kappa shape index (κ3) is 3.51. The van der Waals surface area contributed by atoms with E-state index in [4.69, 9.17) is 11.6 Å². The first kappa shape index (κ1) is 20.3. The first-order chi connectivity index (χ1) is 14.4. The van der Waals surface area contributed by atoms with Gasteiger partial charge in [0.15, 0.2) is 0 Å². The molecule has 154 valence electrons. The average molecular weight is 430 g/mol. The highest BCUT2D eigenvalue weighted by Crippen LogP contribution is 2.29. The van der Waals surface area contributed by atoms with Crippen molar-refractivity contribution in [1.29, 1.82) is 5.26 Å². The van der Waals surface area contributed by atoms with Crippen LogP contribution in [0.3, 0.4) is 0 Å². The van der Waals surface area contributed by atoms with E-state index in [2.05, 4.69) is 4.98 Å². The average Bonchev–Trinajstić information content (AvgIpc) is 2.74. The number of nitrogens with zero attached hydrogens (tertiary/aromatic N) is 5. The maximum Gasteiger partial charge on any atom is 0.270 e. The highest BCUT2D eigenvalue weighted by Gasteiger charge is 2.26. The Hall–Kier alpha value is -3.02. The van der Waals surface area contributed by atoms with Gasteiger partial charge in [0.05, 0.1) is 11.2 Å². The molecule has 2 aromatic heterocycles. The number of hydrogen-bond donors (Lipinski definition) is 0. The van der Waals surface area contributed by atoms with E-state index in [0.717, 1.165) is 0 Å². The lowest BCUT2D eigenvalue weighted by atomic mass is 10.1. The Labute approximate surface area is 176 Å². The van der Waals surface area contributed by atoms with E-state index in [1.54, 1.807) is 19.2 Å². The van der Waals surface area contributed by atoms with Crippen molar-refractivity contribution in [2.45, 2.75) is 6.54 Å². The van der Waals surface area contributed by atoms with Crippen LogP contribution in [-0.4, -0.2) is 40.6 Å². The third-order valence-corrected chi connectivity index (χ3v) is 5.64. The Kier molecular flexibility index (Phi) is 5.41. The third-order valence-electron chi connectivity index (χ3n) is 5.42. The maximum absolute atomic E-state index is 14.0. The van der Waals surface area contributed by atoms with Gasteiger partial charge in [0.2, 0.25) is 0 Å². The smallest absolute Gasteiger partial charge is 0.270 e. The number of aryl methyl sites for hydroxylation is 1. The first-order valence-electron chi connectivity index (χ1n) is 9.40. The minimum absolute atomic E-state index is 0.00775. The van der Waals surface area contributed by atoms with Crippen LogP contribution in [0.25, 0.3) is 11.0 Å². The second-order valence-electron chi connectivity index (χ2n) is 7.16. The molecule has 1 aliphatic rings. The molecule has 4 rings (SSSR count). The summed E-state index contributed by atoms with van der Waals surface area (Å²) in [6, 6.07) is 9.14. The number of anilines is 1. The summed E-state index contributed by atoms with van der Waals surface area (Å²) in [6.07, 6.45) is 0. The van der Waals surface area contributed by atoms with Gasteiger partial charge in [0.25, 0.3) is 5.56 Å². The minimum Gasteiger partial charge on any atom is -0.366 e. The molecule has 0 unspecified atom stereocenters. The summed E-state index contributed by atoms with van der Waals surface area (Å²) in [5.74, 6) is -1.14. The quantitative estimate of drug-likeness (QED) is 0.599. The van der Waals surface area contributed by atoms with Crippen molar-refractivity contribution >= 4 is 28.3 Å². The van der Waals surface area contributed by atoms with Crippen molar-refractivity contribution in [2.75, 3.05) is 31.1 Å². The number of aromatic nitrogens is 2. The normalized spacial score (nSPS) is 14.8. The maximum atomic E-state index is 14.0. The topological polar surface area (TPSA) is 65.2 Å². The molecule has 0 spiro atoms. The molecule has 0 radical (unpaired) electrons. The molecule has 1 saturated heterocycles. The first-order valence-corrected chi connectivity index (χ1v) is 9.78. The van der Waals surface area contributed by atoms with Gasteiger partial charge < -0.3 is 9.47 Å². The van der Waals surface area contributed by atoms with Gasteiger partial charge in [0, 0.05) is 45.3 Å². The summed E-state index contributed by atoms with van der Waals surface area (Å²) in [5, 5.41) is 9.91. The molecule has 0 bridgehead atoms. The summed E-state index contributed by atoms with van der Waals surface area (Å²) in [5.41, 5.74) is 1.16. The summed E-state index contributed by atoms with van der Waals surface area (Å²) in [4.78, 5) is 20.9. The second kappa shape index (κ2) is 8.01. The van der Waals surface area contributed by atoms with E-state index in [1.165, 1.54) is 22.8 Å². The fourth-order valence-electron chi connectivity index (χ4n) is 3.81. The molecule has 0 saturated carbocycles. The molecule has 3 heterocycles. The zero-order valence-corrected chi connectivity index (χ0v) is 17.0. The van der Waals surface area contributed by atoms with Crippen LogP contribution < -0.4 is 10.5 Å². The Morgan fingerprint density at radius 3 is 2.43 bits per heavy atom. The summed E-state index contributed by atoms with van der Waals surface area (Å²) in [6.45, 7) is 2.12. The highest BCUT2D eigenvalue weighted by atomic mass is 35.5. The van der Waals surface area contributed by atoms with Gasteiger partial charge in [-0.3, -0.25) is 9.69 Å². The number of hydrogen-bond acceptors (Lipinski definition) is 5. The molecule has 3 aromatic rings. The van der Waals surface area contributed by atoms with E-state index in [9.17, 15) is 18.8 Å². The van der Waals surface area contributed by atoms with Gasteiger partial charge in [-0.05, 0) is 24.3 Å². The summed E-state index contributed by atoms with van der Waals surface area (Å²) >= 11 is 6.08. The predicted octanol–water partition coefficient (Wildman–Crippen LogP) is 3.06. The zero-order chi connectivity index (χ0) is 21.4. The predicted molar refractivity (Wildman–Crippen MR) is 111 cm³/mol. The fourth-order valence-corrected chi connectivity index (χ4v) is 3.96. The van der Waals surface area contributed by atoms with Crippen LogP contribution in [0.5, 0.6) is 0 Å². The number of fused-ring (bicyclic) bond motifs is 1. The van der Waals surface area contributed by atoms with E-state index < -0.39 is 17.2 Å². The highest BCUT2D eigenvalue weighted by molar-refractivity contribution is 6.29. The molecule has 0 amide bonds. The van der Waals surface area contributed by atoms with Gasteiger partial charge in [-0.15, -0.1) is 0 Å². The van der Waals surface area contributed by atoms with Crippen molar-refractivity contribution in [3.8, 4) is 6.07 Å². The monoisotopic (exact) mass is 429 g/mol. The molecule has 1 fully saturated rings. The second-order valence-corrected chi connectivity index (χ2v) is 7.55. The van der Waals surface area contributed by atoms with Crippen molar-refractivity contribution in [3.05, 3.63) is 68.6 Å². The van der Waals surface area contributed by atoms with Crippen LogP contribution >= 0.6 is 11.6 Å². The molecule has 30 heavy (non-hydrogen) atoms. The van der Waals surface area contributed by atoms with Gasteiger partial charge in [0.1, 0.15) is 33.9 Å². The number of halogens is 3. The van der Waals surface area contributed by atoms with E-state index in [-0.39, 0.29) is 22.8 Å². The summed E-state index contributed by atoms with van der Waals surface area (Å²) in [7, 11) is 1.59. The van der Waals surface area contributed by atoms with Crippen LogP contribution in [0.2, 0.25) is 5.15 Å². The number of benzene rings is 1. The Bertz CT molecular complexity index is 1210. The zero-order valence-electron chi connectivity index (χ0n) is 16.2. The van der Waals surface area contributed by atoms with Crippen molar-refractivity contribution in [1.82, 2.24) is 14.5 Å². The molecular weight excluding hydrogens is 412 g/mol.